The largest absolute Gasteiger partial charge is 1.00 e. The fourth-order valence-corrected chi connectivity index (χ4v) is 0. The number of carbonyl (C=O) groups is 1. The molecule has 0 atom stereocenters. The first-order chi connectivity index (χ1) is 1.73. The molecular formula is CHO3Pb-. The van der Waals surface area contributed by atoms with Crippen molar-refractivity contribution < 1.29 is 16.4 Å². The molecule has 0 spiro atoms. The summed E-state index contributed by atoms with van der Waals surface area (Å²) >= 11 is 0. The average molecular weight is 268 g/mol. The van der Waals surface area contributed by atoms with E-state index in [1.165, 1.54) is 0 Å². The smallest absolute Gasteiger partial charge is 0.652 e. The van der Waals surface area contributed by atoms with E-state index in [2.05, 4.69) is 0 Å². The second-order valence-corrected chi connectivity index (χ2v) is 0.250. The zero-order valence-electron chi connectivity index (χ0n) is 3.22. The van der Waals surface area contributed by atoms with E-state index in [9.17, 15) is 0 Å². The van der Waals surface area contributed by atoms with Gasteiger partial charge in [-0.05, 0) is 6.16 Å². The summed E-state index contributed by atoms with van der Waals surface area (Å²) in [4.78, 5) is 8.33. The van der Waals surface area contributed by atoms with Gasteiger partial charge in [0.25, 0.3) is 0 Å². The second kappa shape index (κ2) is 4.19. The van der Waals surface area contributed by atoms with Crippen molar-refractivity contribution >= 4 is 33.5 Å². The monoisotopic (exact) mass is 269 g/mol. The molecule has 0 heterocycles. The molecule has 0 aliphatic heterocycles. The molecular weight excluding hydrogens is 267 g/mol. The molecule has 4 heteroatoms. The number of carbonyl (C=O) groups excluding carboxylic acids is 1. The molecule has 4 radical (unpaired) electrons. The van der Waals surface area contributed by atoms with E-state index >= 15 is 0 Å². The van der Waals surface area contributed by atoms with Crippen molar-refractivity contribution in [1.82, 2.24) is 0 Å². The van der Waals surface area contributed by atoms with Gasteiger partial charge >= 0.3 is 1.43 Å². The first kappa shape index (κ1) is 8.95. The second-order valence-electron chi connectivity index (χ2n) is 0.250. The summed E-state index contributed by atoms with van der Waals surface area (Å²) in [5, 5.41) is 16.7. The summed E-state index contributed by atoms with van der Waals surface area (Å²) in [5.74, 6) is 0. The minimum atomic E-state index is -2.33. The Morgan fingerprint density at radius 3 is 1.60 bits per heavy atom. The topological polar surface area (TPSA) is 63.2 Å². The van der Waals surface area contributed by atoms with Crippen LogP contribution in [0.5, 0.6) is 0 Å². The molecule has 0 N–H and O–H groups in total. The third kappa shape index (κ3) is 546. The molecule has 0 amide bonds. The zero-order valence-corrected chi connectivity index (χ0v) is 6.11. The molecule has 3 nitrogen and oxygen atoms in total. The molecule has 5 heavy (non-hydrogen) atoms. The molecule has 0 aromatic rings. The molecule has 0 aliphatic rings. The van der Waals surface area contributed by atoms with Crippen LogP contribution in [0.3, 0.4) is 0 Å². The van der Waals surface area contributed by atoms with Crippen LogP contribution in [-0.4, -0.2) is 33.5 Å². The van der Waals surface area contributed by atoms with Crippen molar-refractivity contribution in [1.29, 1.82) is 0 Å². The van der Waals surface area contributed by atoms with Crippen molar-refractivity contribution in [3.63, 3.8) is 0 Å². The molecule has 0 aromatic heterocycles. The van der Waals surface area contributed by atoms with Crippen molar-refractivity contribution in [2.75, 3.05) is 0 Å². The number of hydrogen-bond donors (Lipinski definition) is 0. The van der Waals surface area contributed by atoms with Gasteiger partial charge in [0.1, 0.15) is 0 Å². The van der Waals surface area contributed by atoms with Crippen molar-refractivity contribution in [3.8, 4) is 0 Å². The van der Waals surface area contributed by atoms with Crippen molar-refractivity contribution in [3.05, 3.63) is 0 Å². The van der Waals surface area contributed by atoms with E-state index in [4.69, 9.17) is 15.0 Å². The number of rotatable bonds is 0. The predicted molar refractivity (Wildman–Crippen MR) is 12.3 cm³/mol. The Morgan fingerprint density at radius 1 is 1.60 bits per heavy atom. The normalized spacial score (nSPS) is 4.80. The van der Waals surface area contributed by atoms with Crippen LogP contribution < -0.4 is 10.2 Å². The summed E-state index contributed by atoms with van der Waals surface area (Å²) < 4.78 is 0. The minimum Gasteiger partial charge on any atom is -0.652 e. The standard InChI is InChI=1S/CH2O3.Pb/c2-1(3)4;/h(H2,2,3,4);/p-1. The molecule has 0 aromatic carbocycles. The first-order valence-corrected chi connectivity index (χ1v) is 0.612. The molecule has 0 saturated carbocycles. The Hall–Kier alpha value is 0.192. The van der Waals surface area contributed by atoms with Crippen LogP contribution in [0.4, 0.5) is 4.79 Å². The van der Waals surface area contributed by atoms with Gasteiger partial charge in [-0.1, -0.05) is 0 Å². The van der Waals surface area contributed by atoms with E-state index in [1.54, 1.807) is 0 Å². The van der Waals surface area contributed by atoms with Crippen LogP contribution in [-0.2, 0) is 0 Å². The van der Waals surface area contributed by atoms with Gasteiger partial charge in [-0.15, -0.1) is 0 Å². The summed E-state index contributed by atoms with van der Waals surface area (Å²) in [5.41, 5.74) is 0. The van der Waals surface area contributed by atoms with E-state index in [0.29, 0.717) is 0 Å². The first-order valence-electron chi connectivity index (χ1n) is 0.612. The zero-order chi connectivity index (χ0) is 3.58. The molecule has 0 unspecified atom stereocenters. The van der Waals surface area contributed by atoms with Crippen LogP contribution >= 0.6 is 0 Å². The quantitative estimate of drug-likeness (QED) is 0.449. The number of hydrogen-bond acceptors (Lipinski definition) is 3. The molecule has 0 bridgehead atoms. The predicted octanol–water partition coefficient (Wildman–Crippen LogP) is -2.72. The minimum absolute atomic E-state index is 0. The Morgan fingerprint density at radius 2 is 1.60 bits per heavy atom. The van der Waals surface area contributed by atoms with Crippen LogP contribution in [0.1, 0.15) is 1.43 Å². The van der Waals surface area contributed by atoms with Crippen LogP contribution in [0.2, 0.25) is 0 Å². The third-order valence-electron chi connectivity index (χ3n) is 0. The average Bonchev–Trinajstić information content (AvgIpc) is 0.811. The Labute approximate surface area is 50.3 Å². The maximum Gasteiger partial charge on any atom is 1.00 e. The fraction of sp³-hybridized carbons (Fsp3) is 0. The van der Waals surface area contributed by atoms with Gasteiger partial charge in [0.05, 0.1) is 0 Å². The van der Waals surface area contributed by atoms with Crippen LogP contribution in [0.25, 0.3) is 0 Å². The number of carboxylic acid groups (broad SMARTS) is 2. The van der Waals surface area contributed by atoms with E-state index in [0.717, 1.165) is 0 Å². The van der Waals surface area contributed by atoms with E-state index < -0.39 is 6.16 Å². The SMILES string of the molecule is O=C([O-])[O-].[H+].[Pb]. The van der Waals surface area contributed by atoms with Gasteiger partial charge in [-0.3, -0.25) is 0 Å². The van der Waals surface area contributed by atoms with Gasteiger partial charge in [-0.2, -0.15) is 0 Å². The van der Waals surface area contributed by atoms with Crippen molar-refractivity contribution in [2.45, 2.75) is 0 Å². The summed E-state index contributed by atoms with van der Waals surface area (Å²) in [7, 11) is 0. The summed E-state index contributed by atoms with van der Waals surface area (Å²) in [6.45, 7) is 0. The fourth-order valence-electron chi connectivity index (χ4n) is 0. The summed E-state index contributed by atoms with van der Waals surface area (Å²) in [6.07, 6.45) is -2.33. The van der Waals surface area contributed by atoms with Gasteiger partial charge < -0.3 is 15.0 Å². The molecule has 0 saturated heterocycles. The van der Waals surface area contributed by atoms with E-state index in [1.807, 2.05) is 0 Å². The third-order valence-corrected chi connectivity index (χ3v) is 0. The summed E-state index contributed by atoms with van der Waals surface area (Å²) in [6, 6.07) is 0. The van der Waals surface area contributed by atoms with Gasteiger partial charge in [-0.25, -0.2) is 0 Å². The Kier molecular flexibility index (Phi) is 7.51. The van der Waals surface area contributed by atoms with Gasteiger partial charge in [0, 0.05) is 27.3 Å². The van der Waals surface area contributed by atoms with Gasteiger partial charge in [0.2, 0.25) is 0 Å². The molecule has 28 valence electrons. The van der Waals surface area contributed by atoms with Crippen LogP contribution in [0.15, 0.2) is 0 Å². The molecule has 0 rings (SSSR count). The molecule has 0 fully saturated rings. The van der Waals surface area contributed by atoms with Crippen molar-refractivity contribution in [2.24, 2.45) is 0 Å². The Balaban J connectivity index is -0.0000000450. The Bertz CT molecular complexity index is 33.8. The maximum absolute atomic E-state index is 8.33. The van der Waals surface area contributed by atoms with E-state index in [-0.39, 0.29) is 28.7 Å². The van der Waals surface area contributed by atoms with Crippen LogP contribution in [0, 0.1) is 0 Å². The van der Waals surface area contributed by atoms with Gasteiger partial charge in [0.15, 0.2) is 0 Å². The maximum atomic E-state index is 8.33. The molecule has 0 aliphatic carbocycles.